The van der Waals surface area contributed by atoms with E-state index in [1.165, 1.54) is 4.80 Å². The van der Waals surface area contributed by atoms with Gasteiger partial charge in [0.05, 0.1) is 5.69 Å². The summed E-state index contributed by atoms with van der Waals surface area (Å²) in [6, 6.07) is 13.4. The number of benzene rings is 1. The molecule has 0 atom stereocenters. The van der Waals surface area contributed by atoms with Crippen molar-refractivity contribution in [2.75, 3.05) is 0 Å². The lowest BCUT2D eigenvalue weighted by molar-refractivity contribution is 0.720. The minimum atomic E-state index is 0.594. The van der Waals surface area contributed by atoms with Crippen molar-refractivity contribution in [3.63, 3.8) is 0 Å². The van der Waals surface area contributed by atoms with Gasteiger partial charge in [-0.15, -0.1) is 15.0 Å². The van der Waals surface area contributed by atoms with Gasteiger partial charge in [0, 0.05) is 18.0 Å². The van der Waals surface area contributed by atoms with Gasteiger partial charge >= 0.3 is 0 Å². The monoisotopic (exact) mass is 223 g/mol. The molecule has 82 valence electrons. The highest BCUT2D eigenvalue weighted by Gasteiger charge is 2.05. The van der Waals surface area contributed by atoms with Crippen molar-refractivity contribution in [1.29, 1.82) is 0 Å². The van der Waals surface area contributed by atoms with Gasteiger partial charge in [-0.1, -0.05) is 18.2 Å². The molecular formula is C12H9N5. The van der Waals surface area contributed by atoms with E-state index in [0.29, 0.717) is 5.82 Å². The molecule has 0 aliphatic heterocycles. The summed E-state index contributed by atoms with van der Waals surface area (Å²) in [4.78, 5) is 5.46. The normalized spacial score (nSPS) is 10.4. The molecule has 0 saturated heterocycles. The first-order chi connectivity index (χ1) is 8.43. The van der Waals surface area contributed by atoms with E-state index >= 15 is 0 Å². The smallest absolute Gasteiger partial charge is 0.205 e. The molecule has 17 heavy (non-hydrogen) atoms. The molecule has 0 N–H and O–H groups in total. The first kappa shape index (κ1) is 9.65. The van der Waals surface area contributed by atoms with Crippen LogP contribution in [0.25, 0.3) is 17.1 Å². The Bertz CT molecular complexity index is 549. The molecule has 0 amide bonds. The summed E-state index contributed by atoms with van der Waals surface area (Å²) in [6.45, 7) is 0. The zero-order chi connectivity index (χ0) is 11.5. The summed E-state index contributed by atoms with van der Waals surface area (Å²) >= 11 is 0. The molecule has 0 unspecified atom stereocenters. The summed E-state index contributed by atoms with van der Waals surface area (Å²) < 4.78 is 0. The van der Waals surface area contributed by atoms with Crippen LogP contribution in [0.15, 0.2) is 54.9 Å². The minimum absolute atomic E-state index is 0.594. The van der Waals surface area contributed by atoms with Crippen LogP contribution in [0, 0.1) is 0 Å². The zero-order valence-corrected chi connectivity index (χ0v) is 8.93. The number of nitrogens with zero attached hydrogens (tertiary/aromatic N) is 5. The van der Waals surface area contributed by atoms with Gasteiger partial charge in [-0.2, -0.15) is 0 Å². The maximum absolute atomic E-state index is 4.32. The lowest BCUT2D eigenvalue weighted by Gasteiger charge is -1.95. The average molecular weight is 223 g/mol. The summed E-state index contributed by atoms with van der Waals surface area (Å²) in [7, 11) is 0. The Labute approximate surface area is 97.7 Å². The Morgan fingerprint density at radius 1 is 0.882 bits per heavy atom. The first-order valence-electron chi connectivity index (χ1n) is 5.19. The Balaban J connectivity index is 1.99. The van der Waals surface area contributed by atoms with Crippen LogP contribution in [-0.2, 0) is 0 Å². The number of hydrogen-bond acceptors (Lipinski definition) is 4. The molecule has 5 nitrogen and oxygen atoms in total. The van der Waals surface area contributed by atoms with E-state index in [0.717, 1.165) is 11.3 Å². The fourth-order valence-electron chi connectivity index (χ4n) is 1.50. The third-order valence-corrected chi connectivity index (χ3v) is 2.34. The molecule has 5 heteroatoms. The van der Waals surface area contributed by atoms with Gasteiger partial charge in [0.1, 0.15) is 0 Å². The number of hydrogen-bond donors (Lipinski definition) is 0. The Kier molecular flexibility index (Phi) is 2.34. The third-order valence-electron chi connectivity index (χ3n) is 2.34. The Hall–Kier alpha value is -2.56. The lowest BCUT2D eigenvalue weighted by Crippen LogP contribution is -1.98. The minimum Gasteiger partial charge on any atom is -0.265 e. The number of rotatable bonds is 2. The Morgan fingerprint density at radius 3 is 2.41 bits per heavy atom. The highest BCUT2D eigenvalue weighted by Crippen LogP contribution is 2.12. The van der Waals surface area contributed by atoms with Crippen LogP contribution in [-0.4, -0.2) is 25.2 Å². The predicted molar refractivity (Wildman–Crippen MR) is 62.4 cm³/mol. The quantitative estimate of drug-likeness (QED) is 0.663. The third kappa shape index (κ3) is 1.90. The maximum atomic E-state index is 4.32. The van der Waals surface area contributed by atoms with Crippen LogP contribution in [0.4, 0.5) is 0 Å². The molecule has 0 saturated carbocycles. The van der Waals surface area contributed by atoms with E-state index in [9.17, 15) is 0 Å². The van der Waals surface area contributed by atoms with Crippen LogP contribution in [0.5, 0.6) is 0 Å². The highest BCUT2D eigenvalue weighted by molar-refractivity contribution is 5.52. The molecule has 2 heterocycles. The van der Waals surface area contributed by atoms with Crippen LogP contribution in [0.1, 0.15) is 0 Å². The topological polar surface area (TPSA) is 56.5 Å². The second kappa shape index (κ2) is 4.13. The van der Waals surface area contributed by atoms with Gasteiger partial charge in [0.15, 0.2) is 0 Å². The van der Waals surface area contributed by atoms with E-state index in [1.807, 2.05) is 42.5 Å². The standard InChI is InChI=1S/C12H9N5/c1-2-4-11(5-3-1)17-15-12(14-16-17)10-6-8-13-9-7-10/h1-9H. The molecule has 0 bridgehead atoms. The SMILES string of the molecule is c1ccc(-n2nnc(-c3ccncc3)n2)cc1. The fourth-order valence-corrected chi connectivity index (χ4v) is 1.50. The fraction of sp³-hybridized carbons (Fsp3) is 0. The second-order valence-electron chi connectivity index (χ2n) is 3.47. The molecule has 2 aromatic heterocycles. The zero-order valence-electron chi connectivity index (χ0n) is 8.93. The van der Waals surface area contributed by atoms with Crippen LogP contribution < -0.4 is 0 Å². The van der Waals surface area contributed by atoms with E-state index in [-0.39, 0.29) is 0 Å². The predicted octanol–water partition coefficient (Wildman–Crippen LogP) is 1.72. The van der Waals surface area contributed by atoms with Crippen molar-refractivity contribution in [3.05, 3.63) is 54.9 Å². The van der Waals surface area contributed by atoms with Crippen molar-refractivity contribution in [1.82, 2.24) is 25.2 Å². The summed E-state index contributed by atoms with van der Waals surface area (Å²) in [5, 5.41) is 12.4. The van der Waals surface area contributed by atoms with Crippen LogP contribution in [0.3, 0.4) is 0 Å². The largest absolute Gasteiger partial charge is 0.265 e. The molecular weight excluding hydrogens is 214 g/mol. The maximum Gasteiger partial charge on any atom is 0.205 e. The molecule has 3 aromatic rings. The van der Waals surface area contributed by atoms with Crippen molar-refractivity contribution < 1.29 is 0 Å². The summed E-state index contributed by atoms with van der Waals surface area (Å²) in [6.07, 6.45) is 3.41. The molecule has 0 aliphatic carbocycles. The van der Waals surface area contributed by atoms with Gasteiger partial charge in [-0.05, 0) is 29.5 Å². The lowest BCUT2D eigenvalue weighted by atomic mass is 10.3. The number of tetrazole rings is 1. The number of aromatic nitrogens is 5. The van der Waals surface area contributed by atoms with Gasteiger partial charge in [-0.3, -0.25) is 4.98 Å². The molecule has 3 rings (SSSR count). The van der Waals surface area contributed by atoms with Crippen LogP contribution in [0.2, 0.25) is 0 Å². The second-order valence-corrected chi connectivity index (χ2v) is 3.47. The van der Waals surface area contributed by atoms with Gasteiger partial charge in [0.25, 0.3) is 0 Å². The Morgan fingerprint density at radius 2 is 1.65 bits per heavy atom. The van der Waals surface area contributed by atoms with E-state index in [1.54, 1.807) is 12.4 Å². The first-order valence-corrected chi connectivity index (χ1v) is 5.19. The van der Waals surface area contributed by atoms with E-state index < -0.39 is 0 Å². The molecule has 1 aromatic carbocycles. The van der Waals surface area contributed by atoms with Gasteiger partial charge in [-0.25, -0.2) is 0 Å². The summed E-state index contributed by atoms with van der Waals surface area (Å²) in [5.74, 6) is 0.594. The van der Waals surface area contributed by atoms with Gasteiger partial charge in [0.2, 0.25) is 5.82 Å². The van der Waals surface area contributed by atoms with E-state index in [2.05, 4.69) is 20.4 Å². The molecule has 0 fully saturated rings. The van der Waals surface area contributed by atoms with Crippen LogP contribution >= 0.6 is 0 Å². The average Bonchev–Trinajstić information content (AvgIpc) is 2.90. The molecule has 0 spiro atoms. The molecule has 0 aliphatic rings. The van der Waals surface area contributed by atoms with Crippen molar-refractivity contribution >= 4 is 0 Å². The number of para-hydroxylation sites is 1. The van der Waals surface area contributed by atoms with Crippen molar-refractivity contribution in [2.24, 2.45) is 0 Å². The van der Waals surface area contributed by atoms with E-state index in [4.69, 9.17) is 0 Å². The number of pyridine rings is 1. The highest BCUT2D eigenvalue weighted by atomic mass is 15.6. The molecule has 0 radical (unpaired) electrons. The summed E-state index contributed by atoms with van der Waals surface area (Å²) in [5.41, 5.74) is 1.79. The van der Waals surface area contributed by atoms with Crippen molar-refractivity contribution in [3.8, 4) is 17.1 Å². The van der Waals surface area contributed by atoms with Gasteiger partial charge < -0.3 is 0 Å². The van der Waals surface area contributed by atoms with Crippen molar-refractivity contribution in [2.45, 2.75) is 0 Å².